The molecule has 0 spiro atoms. The molecule has 202 valence electrons. The van der Waals surface area contributed by atoms with Gasteiger partial charge in [-0.2, -0.15) is 18.3 Å². The van der Waals surface area contributed by atoms with Crippen LogP contribution in [0.2, 0.25) is 5.02 Å². The van der Waals surface area contributed by atoms with Crippen LogP contribution in [0.5, 0.6) is 5.75 Å². The van der Waals surface area contributed by atoms with Gasteiger partial charge in [0, 0.05) is 16.1 Å². The fourth-order valence-electron chi connectivity index (χ4n) is 3.25. The minimum atomic E-state index is -4.44. The summed E-state index contributed by atoms with van der Waals surface area (Å²) in [6, 6.07) is 15.8. The Morgan fingerprint density at radius 2 is 1.82 bits per heavy atom. The number of rotatable bonds is 9. The van der Waals surface area contributed by atoms with E-state index in [9.17, 15) is 18.0 Å². The molecule has 2 N–H and O–H groups in total. The molecule has 0 saturated carbocycles. The second-order valence-electron chi connectivity index (χ2n) is 8.05. The summed E-state index contributed by atoms with van der Waals surface area (Å²) < 4.78 is 46.0. The van der Waals surface area contributed by atoms with Gasteiger partial charge in [-0.25, -0.2) is 10.4 Å². The topological polar surface area (TPSA) is 75.6 Å². The lowest BCUT2D eigenvalue weighted by Crippen LogP contribution is -2.19. The van der Waals surface area contributed by atoms with E-state index >= 15 is 0 Å². The number of alkyl halides is 3. The Bertz CT molecular complexity index is 1470. The molecule has 3 aromatic carbocycles. The van der Waals surface area contributed by atoms with Gasteiger partial charge >= 0.3 is 6.18 Å². The van der Waals surface area contributed by atoms with Crippen molar-refractivity contribution in [2.75, 3.05) is 5.32 Å². The molecule has 1 heterocycles. The Balaban J connectivity index is 1.29. The van der Waals surface area contributed by atoms with Gasteiger partial charge in [0.05, 0.1) is 32.8 Å². The number of nitrogens with zero attached hydrogens (tertiary/aromatic N) is 2. The second-order valence-corrected chi connectivity index (χ2v) is 11.0. The quantitative estimate of drug-likeness (QED) is 0.136. The zero-order valence-electron chi connectivity index (χ0n) is 19.7. The lowest BCUT2D eigenvalue weighted by Gasteiger charge is -2.11. The third-order valence-electron chi connectivity index (χ3n) is 5.05. The maximum absolute atomic E-state index is 12.9. The third-order valence-corrected chi connectivity index (χ3v) is 7.29. The molecule has 0 aliphatic heterocycles. The molecule has 13 heteroatoms. The first-order valence-corrected chi connectivity index (χ1v) is 14.0. The maximum atomic E-state index is 12.9. The van der Waals surface area contributed by atoms with Gasteiger partial charge in [-0.05, 0) is 85.5 Å². The fourth-order valence-corrected chi connectivity index (χ4v) is 5.56. The highest BCUT2D eigenvalue weighted by Crippen LogP contribution is 2.35. The van der Waals surface area contributed by atoms with E-state index in [2.05, 4.69) is 52.7 Å². The summed E-state index contributed by atoms with van der Waals surface area (Å²) >= 11 is 14.1. The number of aromatic nitrogens is 1. The zero-order valence-corrected chi connectivity index (χ0v) is 24.5. The molecule has 39 heavy (non-hydrogen) atoms. The number of hydrogen-bond donors (Lipinski definition) is 2. The van der Waals surface area contributed by atoms with Crippen LogP contribution in [0.4, 0.5) is 24.0 Å². The van der Waals surface area contributed by atoms with Gasteiger partial charge in [0.25, 0.3) is 0 Å². The highest BCUT2D eigenvalue weighted by molar-refractivity contribution is 9.11. The van der Waals surface area contributed by atoms with Crippen LogP contribution in [-0.2, 0) is 24.0 Å². The van der Waals surface area contributed by atoms with Crippen molar-refractivity contribution < 1.29 is 22.7 Å². The number of nitrogens with one attached hydrogen (secondary N) is 2. The average molecular weight is 703 g/mol. The smallest absolute Gasteiger partial charge is 0.416 e. The van der Waals surface area contributed by atoms with Crippen molar-refractivity contribution in [1.29, 1.82) is 0 Å². The Labute approximate surface area is 247 Å². The second kappa shape index (κ2) is 12.9. The van der Waals surface area contributed by atoms with Crippen molar-refractivity contribution in [2.24, 2.45) is 5.10 Å². The van der Waals surface area contributed by atoms with Crippen molar-refractivity contribution >= 4 is 77.7 Å². The predicted octanol–water partition coefficient (Wildman–Crippen LogP) is 8.36. The summed E-state index contributed by atoms with van der Waals surface area (Å²) in [6.45, 7) is 0.353. The zero-order chi connectivity index (χ0) is 28.0. The van der Waals surface area contributed by atoms with E-state index in [1.807, 2.05) is 12.1 Å². The monoisotopic (exact) mass is 700 g/mol. The van der Waals surface area contributed by atoms with Crippen LogP contribution in [0, 0.1) is 0 Å². The van der Waals surface area contributed by atoms with E-state index < -0.39 is 17.6 Å². The van der Waals surface area contributed by atoms with Gasteiger partial charge in [0.2, 0.25) is 5.91 Å². The lowest BCUT2D eigenvalue weighted by atomic mass is 10.2. The van der Waals surface area contributed by atoms with Crippen LogP contribution < -0.4 is 15.5 Å². The van der Waals surface area contributed by atoms with E-state index in [0.717, 1.165) is 17.7 Å². The van der Waals surface area contributed by atoms with Gasteiger partial charge in [0.15, 0.2) is 5.13 Å². The molecule has 0 unspecified atom stereocenters. The van der Waals surface area contributed by atoms with Crippen LogP contribution in [0.3, 0.4) is 0 Å². The normalized spacial score (nSPS) is 11.5. The van der Waals surface area contributed by atoms with E-state index in [1.54, 1.807) is 29.6 Å². The maximum Gasteiger partial charge on any atom is 0.416 e. The molecule has 6 nitrogen and oxygen atoms in total. The number of halogens is 6. The summed E-state index contributed by atoms with van der Waals surface area (Å²) in [7, 11) is 0. The van der Waals surface area contributed by atoms with Crippen molar-refractivity contribution in [2.45, 2.75) is 19.2 Å². The Hall–Kier alpha value is -2.93. The van der Waals surface area contributed by atoms with Crippen LogP contribution in [0.15, 0.2) is 80.1 Å². The van der Waals surface area contributed by atoms with Crippen LogP contribution in [0.1, 0.15) is 22.4 Å². The molecule has 0 saturated heterocycles. The fraction of sp³-hybridized carbons (Fsp3) is 0.115. The number of hydrogen-bond acceptors (Lipinski definition) is 6. The summed E-state index contributed by atoms with van der Waals surface area (Å²) in [5.41, 5.74) is 4.05. The third kappa shape index (κ3) is 8.53. The number of hydrazone groups is 1. The number of carbonyl (C=O) groups excluding carboxylic acids is 1. The highest BCUT2D eigenvalue weighted by Gasteiger charge is 2.30. The summed E-state index contributed by atoms with van der Waals surface area (Å²) in [4.78, 5) is 16.6. The van der Waals surface area contributed by atoms with Crippen molar-refractivity contribution in [1.82, 2.24) is 10.4 Å². The minimum absolute atomic E-state index is 0.0526. The number of amides is 1. The van der Waals surface area contributed by atoms with Gasteiger partial charge in [-0.3, -0.25) is 4.79 Å². The van der Waals surface area contributed by atoms with Gasteiger partial charge < -0.3 is 10.1 Å². The van der Waals surface area contributed by atoms with Crippen LogP contribution in [-0.4, -0.2) is 17.1 Å². The molecule has 0 radical (unpaired) electrons. The van der Waals surface area contributed by atoms with E-state index in [-0.39, 0.29) is 12.1 Å². The van der Waals surface area contributed by atoms with Crippen LogP contribution in [0.25, 0.3) is 0 Å². The van der Waals surface area contributed by atoms with Crippen molar-refractivity contribution in [3.63, 3.8) is 0 Å². The lowest BCUT2D eigenvalue weighted by molar-refractivity contribution is -0.137. The molecular weight excluding hydrogens is 685 g/mol. The van der Waals surface area contributed by atoms with Gasteiger partial charge in [-0.15, -0.1) is 11.3 Å². The number of carbonyl (C=O) groups is 1. The van der Waals surface area contributed by atoms with E-state index in [4.69, 9.17) is 16.3 Å². The molecule has 0 bridgehead atoms. The highest BCUT2D eigenvalue weighted by atomic mass is 79.9. The first-order chi connectivity index (χ1) is 18.6. The molecule has 1 amide bonds. The molecule has 0 aliphatic rings. The number of anilines is 2. The standard InChI is InChI=1S/C26H18Br2ClF3N4O2S/c27-21-8-16(9-22(28)24(21)38-13-15-4-6-18(29)7-5-15)12-33-36-23(37)11-20-14-39-25(35-20)34-19-3-1-2-17(10-19)26(30,31)32/h1-10,12,14H,11,13H2,(H,34,35)(H,36,37)/b33-12-. The van der Waals surface area contributed by atoms with Gasteiger partial charge in [-0.1, -0.05) is 29.8 Å². The summed E-state index contributed by atoms with van der Waals surface area (Å²) in [6.07, 6.45) is -3.01. The minimum Gasteiger partial charge on any atom is -0.487 e. The largest absolute Gasteiger partial charge is 0.487 e. The first-order valence-electron chi connectivity index (χ1n) is 11.1. The van der Waals surface area contributed by atoms with E-state index in [0.29, 0.717) is 42.7 Å². The molecule has 0 atom stereocenters. The molecule has 0 aliphatic carbocycles. The van der Waals surface area contributed by atoms with Crippen LogP contribution >= 0.6 is 54.8 Å². The first kappa shape index (κ1) is 29.1. The SMILES string of the molecule is O=C(Cc1csc(Nc2cccc(C(F)(F)F)c2)n1)N/N=C\c1cc(Br)c(OCc2ccc(Cl)cc2)c(Br)c1. The Morgan fingerprint density at radius 3 is 2.51 bits per heavy atom. The Morgan fingerprint density at radius 1 is 1.10 bits per heavy atom. The molecule has 4 aromatic rings. The predicted molar refractivity (Wildman–Crippen MR) is 154 cm³/mol. The number of thiazole rings is 1. The van der Waals surface area contributed by atoms with Gasteiger partial charge in [0.1, 0.15) is 12.4 Å². The number of benzene rings is 3. The number of ether oxygens (including phenoxy) is 1. The van der Waals surface area contributed by atoms with Crippen molar-refractivity contribution in [3.05, 3.63) is 102 Å². The molecule has 1 aromatic heterocycles. The summed E-state index contributed by atoms with van der Waals surface area (Å²) in [5, 5.41) is 9.49. The molecular formula is C26H18Br2ClF3N4O2S. The average Bonchev–Trinajstić information content (AvgIpc) is 3.30. The molecule has 4 rings (SSSR count). The summed E-state index contributed by atoms with van der Waals surface area (Å²) in [5.74, 6) is 0.215. The Kier molecular flexibility index (Phi) is 9.65. The van der Waals surface area contributed by atoms with E-state index in [1.165, 1.54) is 29.7 Å². The van der Waals surface area contributed by atoms with Crippen molar-refractivity contribution in [3.8, 4) is 5.75 Å². The molecule has 0 fully saturated rings.